The van der Waals surface area contributed by atoms with Crippen LogP contribution in [0.25, 0.3) is 0 Å². The number of cyclic esters (lactones) is 2. The number of para-hydroxylation sites is 1. The molecule has 1 saturated heterocycles. The van der Waals surface area contributed by atoms with Crippen LogP contribution in [0.1, 0.15) is 25.0 Å². The molecule has 140 valence electrons. The molecule has 1 heterocycles. The number of hydrogen-bond acceptors (Lipinski definition) is 6. The molecule has 1 N–H and O–H groups in total. The third-order valence-electron chi connectivity index (χ3n) is 3.85. The Hall–Kier alpha value is -2.73. The Morgan fingerprint density at radius 2 is 1.74 bits per heavy atom. The van der Waals surface area contributed by atoms with Gasteiger partial charge in [-0.1, -0.05) is 42.0 Å². The van der Waals surface area contributed by atoms with E-state index in [1.165, 1.54) is 31.2 Å². The largest absolute Gasteiger partial charge is 0.419 e. The molecule has 2 aromatic rings. The SMILES string of the molecule is Cc1cccc(CSc2ccccc2NC=C2C(=O)OC(C)(C)OC2=O)c1. The Morgan fingerprint density at radius 3 is 2.44 bits per heavy atom. The Morgan fingerprint density at radius 1 is 1.04 bits per heavy atom. The topological polar surface area (TPSA) is 64.6 Å². The standard InChI is InChI=1S/C21H21NO4S/c1-14-7-6-8-15(11-14)13-27-18-10-5-4-9-17(18)22-12-16-19(23)25-21(2,3)26-20(16)24/h4-12,22H,13H2,1-3H3. The summed E-state index contributed by atoms with van der Waals surface area (Å²) in [6.07, 6.45) is 1.34. The van der Waals surface area contributed by atoms with Gasteiger partial charge < -0.3 is 14.8 Å². The van der Waals surface area contributed by atoms with Gasteiger partial charge in [0.05, 0.1) is 5.69 Å². The van der Waals surface area contributed by atoms with Crippen molar-refractivity contribution in [2.24, 2.45) is 0 Å². The van der Waals surface area contributed by atoms with Gasteiger partial charge in [-0.3, -0.25) is 0 Å². The fourth-order valence-corrected chi connectivity index (χ4v) is 3.56. The fraction of sp³-hybridized carbons (Fsp3) is 0.238. The Balaban J connectivity index is 1.72. The van der Waals surface area contributed by atoms with Gasteiger partial charge in [-0.25, -0.2) is 9.59 Å². The van der Waals surface area contributed by atoms with Crippen LogP contribution in [0.5, 0.6) is 0 Å². The lowest BCUT2D eigenvalue weighted by atomic mass is 10.2. The van der Waals surface area contributed by atoms with E-state index in [0.717, 1.165) is 16.3 Å². The molecule has 0 spiro atoms. The number of aryl methyl sites for hydroxylation is 1. The van der Waals surface area contributed by atoms with Crippen molar-refractivity contribution in [3.8, 4) is 0 Å². The van der Waals surface area contributed by atoms with Gasteiger partial charge in [0.15, 0.2) is 5.57 Å². The highest BCUT2D eigenvalue weighted by Gasteiger charge is 2.38. The van der Waals surface area contributed by atoms with E-state index in [9.17, 15) is 9.59 Å². The average Bonchev–Trinajstić information content (AvgIpc) is 2.59. The van der Waals surface area contributed by atoms with Crippen LogP contribution in [0.3, 0.4) is 0 Å². The summed E-state index contributed by atoms with van der Waals surface area (Å²) in [5, 5.41) is 3.03. The maximum absolute atomic E-state index is 12.0. The smallest absolute Gasteiger partial charge is 0.350 e. The summed E-state index contributed by atoms with van der Waals surface area (Å²) in [5.74, 6) is -1.83. The average molecular weight is 383 g/mol. The first-order valence-corrected chi connectivity index (χ1v) is 9.53. The lowest BCUT2D eigenvalue weighted by Crippen LogP contribution is -2.42. The van der Waals surface area contributed by atoms with Crippen LogP contribution >= 0.6 is 11.8 Å². The van der Waals surface area contributed by atoms with E-state index in [2.05, 4.69) is 30.4 Å². The van der Waals surface area contributed by atoms with Gasteiger partial charge >= 0.3 is 11.9 Å². The molecule has 27 heavy (non-hydrogen) atoms. The molecule has 6 heteroatoms. The molecule has 0 saturated carbocycles. The van der Waals surface area contributed by atoms with Gasteiger partial charge in [-0.05, 0) is 24.6 Å². The maximum Gasteiger partial charge on any atom is 0.350 e. The minimum atomic E-state index is -1.24. The van der Waals surface area contributed by atoms with Crippen LogP contribution in [0.4, 0.5) is 5.69 Å². The van der Waals surface area contributed by atoms with Crippen molar-refractivity contribution in [3.63, 3.8) is 0 Å². The zero-order chi connectivity index (χ0) is 19.4. The van der Waals surface area contributed by atoms with Crippen molar-refractivity contribution < 1.29 is 19.1 Å². The minimum Gasteiger partial charge on any atom is -0.419 e. The molecule has 1 fully saturated rings. The summed E-state index contributed by atoms with van der Waals surface area (Å²) in [7, 11) is 0. The van der Waals surface area contributed by atoms with Crippen molar-refractivity contribution in [1.29, 1.82) is 0 Å². The third kappa shape index (κ3) is 4.92. The molecule has 0 atom stereocenters. The molecular weight excluding hydrogens is 362 g/mol. The van der Waals surface area contributed by atoms with Crippen LogP contribution < -0.4 is 5.32 Å². The molecule has 0 radical (unpaired) electrons. The first kappa shape index (κ1) is 19.0. The van der Waals surface area contributed by atoms with Crippen LogP contribution in [-0.2, 0) is 24.8 Å². The highest BCUT2D eigenvalue weighted by molar-refractivity contribution is 7.98. The Bertz CT molecular complexity index is 883. The zero-order valence-corrected chi connectivity index (χ0v) is 16.3. The highest BCUT2D eigenvalue weighted by Crippen LogP contribution is 2.30. The second-order valence-electron chi connectivity index (χ2n) is 6.66. The van der Waals surface area contributed by atoms with Gasteiger partial charge in [0, 0.05) is 30.7 Å². The first-order valence-electron chi connectivity index (χ1n) is 8.55. The summed E-state index contributed by atoms with van der Waals surface area (Å²) in [6.45, 7) is 5.11. The number of nitrogens with one attached hydrogen (secondary N) is 1. The van der Waals surface area contributed by atoms with Gasteiger partial charge in [0.2, 0.25) is 0 Å². The van der Waals surface area contributed by atoms with Crippen molar-refractivity contribution in [1.82, 2.24) is 0 Å². The van der Waals surface area contributed by atoms with Crippen LogP contribution in [0.15, 0.2) is 65.2 Å². The predicted molar refractivity (Wildman–Crippen MR) is 105 cm³/mol. The summed E-state index contributed by atoms with van der Waals surface area (Å²) in [4.78, 5) is 25.1. The molecule has 0 amide bonds. The molecule has 2 aromatic carbocycles. The van der Waals surface area contributed by atoms with Crippen molar-refractivity contribution in [3.05, 3.63) is 71.4 Å². The molecular formula is C21H21NO4S. The summed E-state index contributed by atoms with van der Waals surface area (Å²) < 4.78 is 10.2. The first-order chi connectivity index (χ1) is 12.8. The monoisotopic (exact) mass is 383 g/mol. The molecule has 0 aromatic heterocycles. The van der Waals surface area contributed by atoms with Crippen molar-refractivity contribution >= 4 is 29.4 Å². The lowest BCUT2D eigenvalue weighted by molar-refractivity contribution is -0.222. The van der Waals surface area contributed by atoms with E-state index in [4.69, 9.17) is 9.47 Å². The van der Waals surface area contributed by atoms with Crippen LogP contribution in [0.2, 0.25) is 0 Å². The molecule has 1 aliphatic heterocycles. The number of ether oxygens (including phenoxy) is 2. The number of esters is 2. The minimum absolute atomic E-state index is 0.159. The Kier molecular flexibility index (Phi) is 5.56. The van der Waals surface area contributed by atoms with Gasteiger partial charge in [-0.2, -0.15) is 0 Å². The second kappa shape index (κ2) is 7.88. The van der Waals surface area contributed by atoms with E-state index in [0.29, 0.717) is 0 Å². The molecule has 0 unspecified atom stereocenters. The van der Waals surface area contributed by atoms with Gasteiger partial charge in [0.1, 0.15) is 0 Å². The summed E-state index contributed by atoms with van der Waals surface area (Å²) in [5.41, 5.74) is 3.09. The molecule has 0 bridgehead atoms. The number of carbonyl (C=O) groups is 2. The lowest BCUT2D eigenvalue weighted by Gasteiger charge is -2.29. The summed E-state index contributed by atoms with van der Waals surface area (Å²) in [6, 6.07) is 16.1. The number of rotatable bonds is 5. The van der Waals surface area contributed by atoms with Crippen LogP contribution in [0, 0.1) is 6.92 Å². The molecule has 3 rings (SSSR count). The Labute approximate surface area is 162 Å². The van der Waals surface area contributed by atoms with E-state index in [1.807, 2.05) is 30.3 Å². The maximum atomic E-state index is 12.0. The van der Waals surface area contributed by atoms with Gasteiger partial charge in [0.25, 0.3) is 5.79 Å². The van der Waals surface area contributed by atoms with Gasteiger partial charge in [-0.15, -0.1) is 11.8 Å². The highest BCUT2D eigenvalue weighted by atomic mass is 32.2. The normalized spacial score (nSPS) is 15.7. The quantitative estimate of drug-likeness (QED) is 0.357. The number of carbonyl (C=O) groups excluding carboxylic acids is 2. The third-order valence-corrected chi connectivity index (χ3v) is 5.00. The number of thioether (sulfide) groups is 1. The molecule has 5 nitrogen and oxygen atoms in total. The van der Waals surface area contributed by atoms with E-state index >= 15 is 0 Å². The van der Waals surface area contributed by atoms with E-state index in [-0.39, 0.29) is 5.57 Å². The molecule has 0 aliphatic carbocycles. The predicted octanol–water partition coefficient (Wildman–Crippen LogP) is 4.42. The number of benzene rings is 2. The van der Waals surface area contributed by atoms with E-state index in [1.54, 1.807) is 11.8 Å². The van der Waals surface area contributed by atoms with Crippen LogP contribution in [-0.4, -0.2) is 17.7 Å². The number of anilines is 1. The van der Waals surface area contributed by atoms with E-state index < -0.39 is 17.7 Å². The zero-order valence-electron chi connectivity index (χ0n) is 15.4. The molecule has 1 aliphatic rings. The van der Waals surface area contributed by atoms with Crippen molar-refractivity contribution in [2.45, 2.75) is 37.2 Å². The number of hydrogen-bond donors (Lipinski definition) is 1. The second-order valence-corrected chi connectivity index (χ2v) is 7.67. The summed E-state index contributed by atoms with van der Waals surface area (Å²) >= 11 is 1.67. The fourth-order valence-electron chi connectivity index (χ4n) is 2.60. The van der Waals surface area contributed by atoms with Crippen molar-refractivity contribution in [2.75, 3.05) is 5.32 Å².